The Balaban J connectivity index is 1.15. The van der Waals surface area contributed by atoms with Crippen LogP contribution in [0.4, 0.5) is 13.2 Å². The molecule has 2 atom stereocenters. The summed E-state index contributed by atoms with van der Waals surface area (Å²) in [6.45, 7) is -0.918. The van der Waals surface area contributed by atoms with E-state index in [0.717, 1.165) is 41.5 Å². The molecule has 44 heavy (non-hydrogen) atoms. The number of carbonyl (C=O) groups excluding carboxylic acids is 3. The highest BCUT2D eigenvalue weighted by atomic mass is 19.4. The molecule has 2 aliphatic carbocycles. The van der Waals surface area contributed by atoms with Crippen LogP contribution in [-0.4, -0.2) is 43.0 Å². The number of amides is 3. The van der Waals surface area contributed by atoms with Gasteiger partial charge in [0.05, 0.1) is 0 Å². The molecule has 9 heteroatoms. The van der Waals surface area contributed by atoms with Crippen molar-refractivity contribution in [1.29, 1.82) is 0 Å². The zero-order valence-corrected chi connectivity index (χ0v) is 24.6. The van der Waals surface area contributed by atoms with E-state index >= 15 is 0 Å². The second-order valence-corrected chi connectivity index (χ2v) is 11.8. The molecule has 2 aliphatic rings. The lowest BCUT2D eigenvalue weighted by molar-refractivity contribution is -0.141. The van der Waals surface area contributed by atoms with E-state index in [-0.39, 0.29) is 23.8 Å². The van der Waals surface area contributed by atoms with E-state index in [1.165, 1.54) is 0 Å². The van der Waals surface area contributed by atoms with E-state index in [9.17, 15) is 27.6 Å². The average Bonchev–Trinajstić information content (AvgIpc) is 3.32. The highest BCUT2D eigenvalue weighted by molar-refractivity contribution is 6.00. The summed E-state index contributed by atoms with van der Waals surface area (Å²) in [4.78, 5) is 39.1. The van der Waals surface area contributed by atoms with Crippen LogP contribution in [0.3, 0.4) is 0 Å². The minimum Gasteiger partial charge on any atom is -0.356 e. The number of rotatable bonds is 11. The van der Waals surface area contributed by atoms with E-state index in [4.69, 9.17) is 0 Å². The van der Waals surface area contributed by atoms with Gasteiger partial charge in [0.1, 0.15) is 12.0 Å². The van der Waals surface area contributed by atoms with Crippen molar-refractivity contribution in [2.24, 2.45) is 5.92 Å². The van der Waals surface area contributed by atoms with Gasteiger partial charge in [0, 0.05) is 24.1 Å². The van der Waals surface area contributed by atoms with Gasteiger partial charge in [-0.15, -0.1) is 0 Å². The van der Waals surface area contributed by atoms with Crippen LogP contribution in [0.2, 0.25) is 0 Å². The summed E-state index contributed by atoms with van der Waals surface area (Å²) in [6.07, 6.45) is 0.871. The maximum atomic E-state index is 13.6. The van der Waals surface area contributed by atoms with Crippen LogP contribution in [-0.2, 0) is 15.0 Å². The van der Waals surface area contributed by atoms with Crippen molar-refractivity contribution in [2.45, 2.75) is 69.0 Å². The van der Waals surface area contributed by atoms with Gasteiger partial charge in [-0.3, -0.25) is 14.4 Å². The summed E-state index contributed by atoms with van der Waals surface area (Å²) in [6, 6.07) is 23.8. The number of benzene rings is 3. The third-order valence-corrected chi connectivity index (χ3v) is 8.84. The van der Waals surface area contributed by atoms with Gasteiger partial charge in [0.2, 0.25) is 11.8 Å². The molecule has 5 rings (SSSR count). The number of alkyl halides is 3. The van der Waals surface area contributed by atoms with E-state index in [1.807, 2.05) is 66.7 Å². The molecule has 3 aromatic rings. The second kappa shape index (κ2) is 13.7. The molecule has 0 saturated heterocycles. The minimum atomic E-state index is -4.52. The molecule has 0 aromatic heterocycles. The van der Waals surface area contributed by atoms with E-state index < -0.39 is 24.0 Å². The lowest BCUT2D eigenvalue weighted by Crippen LogP contribution is -2.47. The average molecular weight is 606 g/mol. The Hall–Kier alpha value is -4.14. The molecular weight excluding hydrogens is 567 g/mol. The monoisotopic (exact) mass is 605 g/mol. The van der Waals surface area contributed by atoms with Crippen LogP contribution < -0.4 is 16.0 Å². The Morgan fingerprint density at radius 3 is 2.07 bits per heavy atom. The molecule has 2 unspecified atom stereocenters. The molecule has 0 heterocycles. The molecule has 0 spiro atoms. The van der Waals surface area contributed by atoms with Crippen LogP contribution >= 0.6 is 0 Å². The van der Waals surface area contributed by atoms with Gasteiger partial charge in [-0.1, -0.05) is 86.0 Å². The number of hydrogen-bond acceptors (Lipinski definition) is 3. The molecule has 232 valence electrons. The number of fused-ring (bicyclic) bond motifs is 3. The van der Waals surface area contributed by atoms with Crippen molar-refractivity contribution in [1.82, 2.24) is 16.0 Å². The first kappa shape index (κ1) is 31.3. The molecule has 3 N–H and O–H groups in total. The van der Waals surface area contributed by atoms with Crippen molar-refractivity contribution in [3.63, 3.8) is 0 Å². The summed E-state index contributed by atoms with van der Waals surface area (Å²) < 4.78 is 39.3. The van der Waals surface area contributed by atoms with E-state index in [1.54, 1.807) is 12.1 Å². The maximum absolute atomic E-state index is 13.6. The van der Waals surface area contributed by atoms with E-state index in [0.29, 0.717) is 44.2 Å². The number of hydrogen-bond donors (Lipinski definition) is 3. The third-order valence-electron chi connectivity index (χ3n) is 8.84. The Morgan fingerprint density at radius 1 is 0.773 bits per heavy atom. The van der Waals surface area contributed by atoms with Gasteiger partial charge >= 0.3 is 6.18 Å². The summed E-state index contributed by atoms with van der Waals surface area (Å²) in [5.41, 5.74) is 2.55. The van der Waals surface area contributed by atoms with Crippen molar-refractivity contribution in [3.8, 4) is 11.1 Å². The van der Waals surface area contributed by atoms with Gasteiger partial charge in [-0.2, -0.15) is 13.2 Å². The first-order chi connectivity index (χ1) is 21.2. The predicted octanol–water partition coefficient (Wildman–Crippen LogP) is 6.30. The number of nitrogens with one attached hydrogen (secondary N) is 3. The molecule has 3 aromatic carbocycles. The number of halogens is 3. The van der Waals surface area contributed by atoms with Gasteiger partial charge in [0.15, 0.2) is 0 Å². The normalized spacial score (nSPS) is 18.5. The number of carbonyl (C=O) groups is 3. The van der Waals surface area contributed by atoms with Crippen LogP contribution in [0, 0.1) is 5.92 Å². The molecule has 0 bridgehead atoms. The van der Waals surface area contributed by atoms with Crippen LogP contribution in [0.5, 0.6) is 0 Å². The van der Waals surface area contributed by atoms with Crippen LogP contribution in [0.1, 0.15) is 72.9 Å². The summed E-state index contributed by atoms with van der Waals surface area (Å²) in [7, 11) is 0. The van der Waals surface area contributed by atoms with Crippen LogP contribution in [0.25, 0.3) is 11.1 Å². The highest BCUT2D eigenvalue weighted by Gasteiger charge is 2.49. The van der Waals surface area contributed by atoms with Crippen molar-refractivity contribution in [3.05, 3.63) is 95.6 Å². The topological polar surface area (TPSA) is 87.3 Å². The first-order valence-electron chi connectivity index (χ1n) is 15.4. The van der Waals surface area contributed by atoms with Gasteiger partial charge in [-0.25, -0.2) is 0 Å². The molecule has 3 amide bonds. The van der Waals surface area contributed by atoms with Gasteiger partial charge in [0.25, 0.3) is 5.91 Å². The summed E-state index contributed by atoms with van der Waals surface area (Å²) >= 11 is 0. The number of unbranched alkanes of at least 4 members (excludes halogenated alkanes) is 2. The minimum absolute atomic E-state index is 0.0229. The predicted molar refractivity (Wildman–Crippen MR) is 163 cm³/mol. The van der Waals surface area contributed by atoms with Crippen molar-refractivity contribution >= 4 is 17.7 Å². The second-order valence-electron chi connectivity index (χ2n) is 11.8. The summed E-state index contributed by atoms with van der Waals surface area (Å²) in [5.74, 6) is -0.969. The molecular formula is C35H38F3N3O3. The Labute approximate surface area is 255 Å². The van der Waals surface area contributed by atoms with Gasteiger partial charge < -0.3 is 16.0 Å². The molecule has 1 saturated carbocycles. The highest BCUT2D eigenvalue weighted by Crippen LogP contribution is 2.51. The SMILES string of the molecule is O=C(NC1CCCC(C(=O)NCCCCCC2(C(=O)NCC(F)(F)F)c3ccccc3-c3ccccc32)C1)c1ccccc1. The Kier molecular flexibility index (Phi) is 9.71. The maximum Gasteiger partial charge on any atom is 0.405 e. The fourth-order valence-electron chi connectivity index (χ4n) is 6.75. The fourth-order valence-corrected chi connectivity index (χ4v) is 6.75. The lowest BCUT2D eigenvalue weighted by Gasteiger charge is -2.31. The standard InChI is InChI=1S/C35H38F3N3O3/c36-35(37,38)23-40-33(44)34(29-18-7-5-16-27(29)28-17-6-8-19-30(28)34)20-9-2-10-21-39-31(42)25-14-11-15-26(22-25)41-32(43)24-12-3-1-4-13-24/h1,3-8,12-13,16-19,25-26H,2,9-11,14-15,20-23H2,(H,39,42)(H,40,44)(H,41,43). The molecule has 1 fully saturated rings. The Morgan fingerprint density at radius 2 is 1.41 bits per heavy atom. The zero-order chi connectivity index (χ0) is 31.2. The van der Waals surface area contributed by atoms with Crippen molar-refractivity contribution < 1.29 is 27.6 Å². The van der Waals surface area contributed by atoms with Gasteiger partial charge in [-0.05, 0) is 66.5 Å². The largest absolute Gasteiger partial charge is 0.405 e. The van der Waals surface area contributed by atoms with Crippen molar-refractivity contribution in [2.75, 3.05) is 13.1 Å². The smallest absolute Gasteiger partial charge is 0.356 e. The lowest BCUT2D eigenvalue weighted by atomic mass is 9.73. The summed E-state index contributed by atoms with van der Waals surface area (Å²) in [5, 5.41) is 8.26. The molecule has 6 nitrogen and oxygen atoms in total. The molecule has 0 radical (unpaired) electrons. The van der Waals surface area contributed by atoms with E-state index in [2.05, 4.69) is 16.0 Å². The quantitative estimate of drug-likeness (QED) is 0.224. The molecule has 0 aliphatic heterocycles. The Bertz CT molecular complexity index is 1430. The first-order valence-corrected chi connectivity index (χ1v) is 15.4. The zero-order valence-electron chi connectivity index (χ0n) is 24.6. The van der Waals surface area contributed by atoms with Crippen LogP contribution in [0.15, 0.2) is 78.9 Å². The fraction of sp³-hybridized carbons (Fsp3) is 0.400. The third kappa shape index (κ3) is 6.98.